The SMILES string of the molecule is O=C(Cc1ccccc1)NCCNc1cc(N2CCCC2)cnn1. The van der Waals surface area contributed by atoms with Crippen molar-refractivity contribution in [2.24, 2.45) is 0 Å². The van der Waals surface area contributed by atoms with Crippen molar-refractivity contribution in [2.45, 2.75) is 19.3 Å². The first-order valence-electron chi connectivity index (χ1n) is 8.43. The van der Waals surface area contributed by atoms with E-state index in [4.69, 9.17) is 0 Å². The molecule has 0 bridgehead atoms. The summed E-state index contributed by atoms with van der Waals surface area (Å²) in [6.07, 6.45) is 4.68. The van der Waals surface area contributed by atoms with E-state index in [0.717, 1.165) is 30.2 Å². The minimum Gasteiger partial charge on any atom is -0.370 e. The van der Waals surface area contributed by atoms with E-state index < -0.39 is 0 Å². The summed E-state index contributed by atoms with van der Waals surface area (Å²) in [5.41, 5.74) is 2.13. The Kier molecular flexibility index (Phi) is 5.61. The second-order valence-corrected chi connectivity index (χ2v) is 5.93. The lowest BCUT2D eigenvalue weighted by atomic mass is 10.1. The number of anilines is 2. The third-order valence-corrected chi connectivity index (χ3v) is 4.07. The summed E-state index contributed by atoms with van der Waals surface area (Å²) >= 11 is 0. The van der Waals surface area contributed by atoms with Gasteiger partial charge in [-0.15, -0.1) is 5.10 Å². The zero-order chi connectivity index (χ0) is 16.6. The van der Waals surface area contributed by atoms with Crippen LogP contribution >= 0.6 is 0 Å². The van der Waals surface area contributed by atoms with Crippen LogP contribution in [0.25, 0.3) is 0 Å². The van der Waals surface area contributed by atoms with Crippen molar-refractivity contribution in [3.63, 3.8) is 0 Å². The van der Waals surface area contributed by atoms with Crippen molar-refractivity contribution in [3.05, 3.63) is 48.2 Å². The number of amides is 1. The lowest BCUT2D eigenvalue weighted by Gasteiger charge is -2.17. The number of hydrogen-bond donors (Lipinski definition) is 2. The first-order chi connectivity index (χ1) is 11.8. The van der Waals surface area contributed by atoms with E-state index in [1.807, 2.05) is 36.4 Å². The monoisotopic (exact) mass is 325 g/mol. The quantitative estimate of drug-likeness (QED) is 0.760. The molecule has 0 unspecified atom stereocenters. The maximum Gasteiger partial charge on any atom is 0.224 e. The number of carbonyl (C=O) groups excluding carboxylic acids is 1. The number of nitrogens with zero attached hydrogens (tertiary/aromatic N) is 3. The van der Waals surface area contributed by atoms with Crippen LogP contribution in [-0.2, 0) is 11.2 Å². The summed E-state index contributed by atoms with van der Waals surface area (Å²) in [6.45, 7) is 3.35. The van der Waals surface area contributed by atoms with Gasteiger partial charge in [0.05, 0.1) is 18.3 Å². The summed E-state index contributed by atoms with van der Waals surface area (Å²) in [5.74, 6) is 0.775. The lowest BCUT2D eigenvalue weighted by Crippen LogP contribution is -2.30. The molecule has 1 fully saturated rings. The van der Waals surface area contributed by atoms with Crippen molar-refractivity contribution in [2.75, 3.05) is 36.4 Å². The average molecular weight is 325 g/mol. The van der Waals surface area contributed by atoms with Gasteiger partial charge in [0.1, 0.15) is 0 Å². The topological polar surface area (TPSA) is 70.2 Å². The van der Waals surface area contributed by atoms with Gasteiger partial charge in [-0.25, -0.2) is 0 Å². The largest absolute Gasteiger partial charge is 0.370 e. The Morgan fingerprint density at radius 3 is 2.71 bits per heavy atom. The normalized spacial score (nSPS) is 13.8. The molecule has 3 rings (SSSR count). The number of benzene rings is 1. The molecule has 2 aromatic rings. The van der Waals surface area contributed by atoms with E-state index in [9.17, 15) is 4.79 Å². The first kappa shape index (κ1) is 16.2. The smallest absolute Gasteiger partial charge is 0.224 e. The molecule has 1 aromatic carbocycles. The molecule has 0 radical (unpaired) electrons. The summed E-state index contributed by atoms with van der Waals surface area (Å²) in [7, 11) is 0. The molecule has 6 nitrogen and oxygen atoms in total. The number of carbonyl (C=O) groups is 1. The van der Waals surface area contributed by atoms with Gasteiger partial charge in [-0.2, -0.15) is 5.10 Å². The van der Waals surface area contributed by atoms with E-state index in [1.165, 1.54) is 12.8 Å². The summed E-state index contributed by atoms with van der Waals surface area (Å²) in [4.78, 5) is 14.2. The van der Waals surface area contributed by atoms with Gasteiger partial charge >= 0.3 is 0 Å². The van der Waals surface area contributed by atoms with E-state index in [0.29, 0.717) is 19.5 Å². The van der Waals surface area contributed by atoms with Gasteiger partial charge in [0.15, 0.2) is 5.82 Å². The van der Waals surface area contributed by atoms with Crippen LogP contribution in [0.1, 0.15) is 18.4 Å². The van der Waals surface area contributed by atoms with Crippen molar-refractivity contribution in [1.29, 1.82) is 0 Å². The van der Waals surface area contributed by atoms with Crippen LogP contribution in [0.4, 0.5) is 11.5 Å². The van der Waals surface area contributed by atoms with Crippen molar-refractivity contribution < 1.29 is 4.79 Å². The molecule has 0 spiro atoms. The Hall–Kier alpha value is -2.63. The zero-order valence-corrected chi connectivity index (χ0v) is 13.7. The van der Waals surface area contributed by atoms with Crippen LogP contribution in [0, 0.1) is 0 Å². The Balaban J connectivity index is 1.40. The van der Waals surface area contributed by atoms with Gasteiger partial charge in [-0.1, -0.05) is 30.3 Å². The Morgan fingerprint density at radius 2 is 1.92 bits per heavy atom. The summed E-state index contributed by atoms with van der Waals surface area (Å²) in [5, 5.41) is 14.3. The predicted octanol–water partition coefficient (Wildman–Crippen LogP) is 1.85. The van der Waals surface area contributed by atoms with Gasteiger partial charge in [-0.3, -0.25) is 4.79 Å². The first-order valence-corrected chi connectivity index (χ1v) is 8.43. The van der Waals surface area contributed by atoms with Gasteiger partial charge in [0, 0.05) is 32.2 Å². The highest BCUT2D eigenvalue weighted by atomic mass is 16.1. The Morgan fingerprint density at radius 1 is 1.12 bits per heavy atom. The van der Waals surface area contributed by atoms with Crippen molar-refractivity contribution in [3.8, 4) is 0 Å². The van der Waals surface area contributed by atoms with E-state index in [1.54, 1.807) is 6.20 Å². The molecule has 1 aromatic heterocycles. The number of hydrogen-bond acceptors (Lipinski definition) is 5. The van der Waals surface area contributed by atoms with Crippen LogP contribution in [0.3, 0.4) is 0 Å². The zero-order valence-electron chi connectivity index (χ0n) is 13.7. The molecule has 6 heteroatoms. The summed E-state index contributed by atoms with van der Waals surface area (Å²) < 4.78 is 0. The van der Waals surface area contributed by atoms with E-state index in [2.05, 4.69) is 25.7 Å². The minimum atomic E-state index is 0.0277. The maximum absolute atomic E-state index is 11.9. The van der Waals surface area contributed by atoms with Crippen LogP contribution in [0.5, 0.6) is 0 Å². The summed E-state index contributed by atoms with van der Waals surface area (Å²) in [6, 6.07) is 11.8. The van der Waals surface area contributed by atoms with Crippen molar-refractivity contribution in [1.82, 2.24) is 15.5 Å². The minimum absolute atomic E-state index is 0.0277. The third-order valence-electron chi connectivity index (χ3n) is 4.07. The van der Waals surface area contributed by atoms with Crippen LogP contribution in [0.2, 0.25) is 0 Å². The van der Waals surface area contributed by atoms with Crippen molar-refractivity contribution >= 4 is 17.4 Å². The fraction of sp³-hybridized carbons (Fsp3) is 0.389. The number of aromatic nitrogens is 2. The van der Waals surface area contributed by atoms with E-state index >= 15 is 0 Å². The average Bonchev–Trinajstić information content (AvgIpc) is 3.15. The highest BCUT2D eigenvalue weighted by molar-refractivity contribution is 5.78. The molecule has 1 aliphatic heterocycles. The molecule has 0 saturated carbocycles. The maximum atomic E-state index is 11.9. The van der Waals surface area contributed by atoms with Crippen LogP contribution in [0.15, 0.2) is 42.6 Å². The van der Waals surface area contributed by atoms with E-state index in [-0.39, 0.29) is 5.91 Å². The molecule has 24 heavy (non-hydrogen) atoms. The molecule has 1 aliphatic rings. The second kappa shape index (κ2) is 8.29. The molecule has 2 N–H and O–H groups in total. The molecule has 1 amide bonds. The van der Waals surface area contributed by atoms with Gasteiger partial charge in [-0.05, 0) is 18.4 Å². The van der Waals surface area contributed by atoms with Crippen LogP contribution in [-0.4, -0.2) is 42.3 Å². The van der Waals surface area contributed by atoms with Gasteiger partial charge in [0.2, 0.25) is 5.91 Å². The highest BCUT2D eigenvalue weighted by Crippen LogP contribution is 2.20. The highest BCUT2D eigenvalue weighted by Gasteiger charge is 2.13. The molecule has 0 aliphatic carbocycles. The fourth-order valence-corrected chi connectivity index (χ4v) is 2.83. The molecule has 126 valence electrons. The fourth-order valence-electron chi connectivity index (χ4n) is 2.83. The lowest BCUT2D eigenvalue weighted by molar-refractivity contribution is -0.120. The van der Waals surface area contributed by atoms with Gasteiger partial charge < -0.3 is 15.5 Å². The molecular weight excluding hydrogens is 302 g/mol. The van der Waals surface area contributed by atoms with Gasteiger partial charge in [0.25, 0.3) is 0 Å². The standard InChI is InChI=1S/C18H23N5O/c24-18(12-15-6-2-1-3-7-15)20-9-8-19-17-13-16(14-21-22-17)23-10-4-5-11-23/h1-3,6-7,13-14H,4-5,8-12H2,(H,19,22)(H,20,24). The predicted molar refractivity (Wildman–Crippen MR) is 95.1 cm³/mol. The second-order valence-electron chi connectivity index (χ2n) is 5.93. The Bertz CT molecular complexity index is 655. The number of rotatable bonds is 7. The molecule has 2 heterocycles. The molecule has 1 saturated heterocycles. The Labute approximate surface area is 142 Å². The molecular formula is C18H23N5O. The number of nitrogens with one attached hydrogen (secondary N) is 2. The van der Waals surface area contributed by atoms with Crippen LogP contribution < -0.4 is 15.5 Å². The third kappa shape index (κ3) is 4.68. The molecule has 0 atom stereocenters.